The summed E-state index contributed by atoms with van der Waals surface area (Å²) in [6, 6.07) is 14.3. The smallest absolute Gasteiger partial charge is 0.409 e. The quantitative estimate of drug-likeness (QED) is 0.757. The molecule has 2 aromatic carbocycles. The highest BCUT2D eigenvalue weighted by Crippen LogP contribution is 2.39. The molecule has 6 nitrogen and oxygen atoms in total. The number of likely N-dealkylation sites (tertiary alicyclic amines) is 1. The van der Waals surface area contributed by atoms with E-state index in [1.807, 2.05) is 36.1 Å². The number of benzene rings is 2. The second kappa shape index (κ2) is 9.00. The number of aryl methyl sites for hydroxylation is 2. The average molecular weight is 422 g/mol. The first kappa shape index (κ1) is 21.2. The Balaban J connectivity index is 1.61. The molecule has 1 saturated heterocycles. The van der Waals surface area contributed by atoms with Gasteiger partial charge in [-0.05, 0) is 50.3 Å². The Morgan fingerprint density at radius 3 is 2.55 bits per heavy atom. The lowest BCUT2D eigenvalue weighted by Crippen LogP contribution is -2.49. The molecule has 0 spiro atoms. The Hall–Kier alpha value is -3.02. The number of amides is 2. The van der Waals surface area contributed by atoms with Crippen molar-refractivity contribution < 1.29 is 14.3 Å². The van der Waals surface area contributed by atoms with Crippen LogP contribution in [0.4, 0.5) is 10.5 Å². The van der Waals surface area contributed by atoms with Gasteiger partial charge in [0.15, 0.2) is 0 Å². The first-order valence-electron chi connectivity index (χ1n) is 11.2. The van der Waals surface area contributed by atoms with Crippen LogP contribution in [0.15, 0.2) is 42.5 Å². The van der Waals surface area contributed by atoms with Crippen LogP contribution in [0.3, 0.4) is 0 Å². The molecule has 0 bridgehead atoms. The van der Waals surface area contributed by atoms with Crippen LogP contribution in [0.5, 0.6) is 0 Å². The van der Waals surface area contributed by atoms with Crippen LogP contribution in [0.1, 0.15) is 59.9 Å². The predicted octanol–water partition coefficient (Wildman–Crippen LogP) is 4.74. The zero-order chi connectivity index (χ0) is 22.0. The van der Waals surface area contributed by atoms with E-state index >= 15 is 0 Å². The number of rotatable bonds is 5. The maximum Gasteiger partial charge on any atom is 0.409 e. The van der Waals surface area contributed by atoms with E-state index in [1.54, 1.807) is 4.90 Å². The number of hydrogen-bond donors (Lipinski definition) is 1. The number of fused-ring (bicyclic) bond motifs is 1. The summed E-state index contributed by atoms with van der Waals surface area (Å²) >= 11 is 0. The zero-order valence-corrected chi connectivity index (χ0v) is 18.6. The molecule has 2 amide bonds. The molecular formula is C25H31N3O3. The van der Waals surface area contributed by atoms with Gasteiger partial charge in [-0.3, -0.25) is 4.79 Å². The lowest BCUT2D eigenvalue weighted by molar-refractivity contribution is 0.0496. The molecule has 2 aromatic rings. The van der Waals surface area contributed by atoms with Gasteiger partial charge in [-0.25, -0.2) is 4.79 Å². The lowest BCUT2D eigenvalue weighted by atomic mass is 10.0. The highest BCUT2D eigenvalue weighted by Gasteiger charge is 2.42. The number of anilines is 1. The Bertz CT molecular complexity index is 966. The summed E-state index contributed by atoms with van der Waals surface area (Å²) < 4.78 is 5.15. The minimum atomic E-state index is -0.265. The van der Waals surface area contributed by atoms with E-state index in [0.29, 0.717) is 19.7 Å². The molecule has 0 saturated carbocycles. The van der Waals surface area contributed by atoms with Gasteiger partial charge in [-0.2, -0.15) is 0 Å². The van der Waals surface area contributed by atoms with E-state index in [2.05, 4.69) is 37.4 Å². The number of nitrogens with zero attached hydrogens (tertiary/aromatic N) is 2. The molecule has 0 aliphatic carbocycles. The maximum absolute atomic E-state index is 13.4. The third kappa shape index (κ3) is 3.99. The Morgan fingerprint density at radius 1 is 1.10 bits per heavy atom. The molecule has 2 heterocycles. The maximum atomic E-state index is 13.4. The van der Waals surface area contributed by atoms with Gasteiger partial charge in [0.25, 0.3) is 5.91 Å². The normalized spacial score (nSPS) is 18.8. The molecule has 2 aliphatic heterocycles. The number of carbonyl (C=O) groups excluding carboxylic acids is 2. The molecule has 4 rings (SSSR count). The number of carbonyl (C=O) groups is 2. The van der Waals surface area contributed by atoms with Crippen molar-refractivity contribution >= 4 is 17.7 Å². The first-order valence-corrected chi connectivity index (χ1v) is 11.2. The monoisotopic (exact) mass is 421 g/mol. The molecule has 0 aromatic heterocycles. The van der Waals surface area contributed by atoms with Gasteiger partial charge in [0.1, 0.15) is 6.17 Å². The van der Waals surface area contributed by atoms with Gasteiger partial charge in [0, 0.05) is 35.9 Å². The summed E-state index contributed by atoms with van der Waals surface area (Å²) in [6.45, 7) is 7.64. The number of nitrogens with one attached hydrogen (secondary N) is 1. The fourth-order valence-corrected chi connectivity index (χ4v) is 4.77. The van der Waals surface area contributed by atoms with Gasteiger partial charge in [0.2, 0.25) is 0 Å². The fraction of sp³-hybridized carbons (Fsp3) is 0.440. The number of para-hydroxylation sites is 1. The number of ether oxygens (including phenoxy) is 1. The molecule has 0 radical (unpaired) electrons. The van der Waals surface area contributed by atoms with Crippen molar-refractivity contribution in [3.8, 4) is 0 Å². The highest BCUT2D eigenvalue weighted by molar-refractivity contribution is 5.99. The fourth-order valence-electron chi connectivity index (χ4n) is 4.77. The van der Waals surface area contributed by atoms with Crippen LogP contribution in [-0.4, -0.2) is 47.5 Å². The van der Waals surface area contributed by atoms with Gasteiger partial charge in [-0.15, -0.1) is 0 Å². The summed E-state index contributed by atoms with van der Waals surface area (Å²) in [7, 11) is 0. The minimum absolute atomic E-state index is 0.0642. The summed E-state index contributed by atoms with van der Waals surface area (Å²) in [5, 5.41) is 3.72. The Morgan fingerprint density at radius 2 is 1.84 bits per heavy atom. The van der Waals surface area contributed by atoms with E-state index in [9.17, 15) is 9.59 Å². The van der Waals surface area contributed by atoms with Crippen molar-refractivity contribution in [2.75, 3.05) is 25.0 Å². The lowest BCUT2D eigenvalue weighted by Gasteiger charge is -2.39. The zero-order valence-electron chi connectivity index (χ0n) is 18.6. The van der Waals surface area contributed by atoms with Crippen molar-refractivity contribution in [1.82, 2.24) is 9.80 Å². The molecule has 31 heavy (non-hydrogen) atoms. The third-order valence-electron chi connectivity index (χ3n) is 6.40. The standard InChI is InChI=1S/C25H31N3O3/c1-4-18-10-8-9-17(3)22(18)26-23-20-11-6-7-12-21(20)24(29)28(23)19-13-15-27(16-14-19)25(30)31-5-2/h6-12,19,23,26H,4-5,13-16H2,1-3H3. The van der Waals surface area contributed by atoms with E-state index in [4.69, 9.17) is 4.74 Å². The van der Waals surface area contributed by atoms with Crippen molar-refractivity contribution in [2.24, 2.45) is 0 Å². The Kier molecular flexibility index (Phi) is 6.16. The number of piperidine rings is 1. The topological polar surface area (TPSA) is 61.9 Å². The SMILES string of the molecule is CCOC(=O)N1CCC(N2C(=O)c3ccccc3C2Nc2c(C)cccc2CC)CC1. The summed E-state index contributed by atoms with van der Waals surface area (Å²) in [6.07, 6.45) is 1.92. The van der Waals surface area contributed by atoms with Gasteiger partial charge >= 0.3 is 6.09 Å². The molecule has 1 fully saturated rings. The van der Waals surface area contributed by atoms with Gasteiger partial charge in [0.05, 0.1) is 6.61 Å². The second-order valence-corrected chi connectivity index (χ2v) is 8.23. The van der Waals surface area contributed by atoms with E-state index in [1.165, 1.54) is 11.1 Å². The van der Waals surface area contributed by atoms with Crippen molar-refractivity contribution in [1.29, 1.82) is 0 Å². The van der Waals surface area contributed by atoms with Crippen molar-refractivity contribution in [3.63, 3.8) is 0 Å². The summed E-state index contributed by atoms with van der Waals surface area (Å²) in [4.78, 5) is 29.3. The van der Waals surface area contributed by atoms with Gasteiger partial charge < -0.3 is 19.9 Å². The van der Waals surface area contributed by atoms with Crippen LogP contribution >= 0.6 is 0 Å². The molecular weight excluding hydrogens is 390 g/mol. The Labute approximate surface area is 184 Å². The minimum Gasteiger partial charge on any atom is -0.450 e. The first-order chi connectivity index (χ1) is 15.0. The molecule has 164 valence electrons. The van der Waals surface area contributed by atoms with E-state index < -0.39 is 0 Å². The molecule has 1 unspecified atom stereocenters. The van der Waals surface area contributed by atoms with Crippen LogP contribution < -0.4 is 5.32 Å². The summed E-state index contributed by atoms with van der Waals surface area (Å²) in [5.41, 5.74) is 5.31. The third-order valence-corrected chi connectivity index (χ3v) is 6.40. The van der Waals surface area contributed by atoms with Crippen molar-refractivity contribution in [2.45, 2.75) is 52.2 Å². The predicted molar refractivity (Wildman–Crippen MR) is 121 cm³/mol. The van der Waals surface area contributed by atoms with E-state index in [-0.39, 0.29) is 24.2 Å². The molecule has 1 N–H and O–H groups in total. The van der Waals surface area contributed by atoms with Crippen LogP contribution in [-0.2, 0) is 11.2 Å². The largest absolute Gasteiger partial charge is 0.450 e. The van der Waals surface area contributed by atoms with Crippen LogP contribution in [0.25, 0.3) is 0 Å². The van der Waals surface area contributed by atoms with Crippen molar-refractivity contribution in [3.05, 3.63) is 64.7 Å². The summed E-state index contributed by atoms with van der Waals surface area (Å²) in [5.74, 6) is 0.0642. The van der Waals surface area contributed by atoms with E-state index in [0.717, 1.165) is 36.1 Å². The molecule has 6 heteroatoms. The van der Waals surface area contributed by atoms with Crippen LogP contribution in [0, 0.1) is 6.92 Å². The average Bonchev–Trinajstić information content (AvgIpc) is 3.07. The molecule has 1 atom stereocenters. The highest BCUT2D eigenvalue weighted by atomic mass is 16.6. The van der Waals surface area contributed by atoms with Crippen LogP contribution in [0.2, 0.25) is 0 Å². The second-order valence-electron chi connectivity index (χ2n) is 8.23. The molecule has 2 aliphatic rings. The van der Waals surface area contributed by atoms with Gasteiger partial charge in [-0.1, -0.05) is 43.3 Å². The number of hydrogen-bond acceptors (Lipinski definition) is 4.